The normalized spacial score (nSPS) is 10.9. The number of aromatic nitrogens is 1. The van der Waals surface area contributed by atoms with Crippen molar-refractivity contribution in [3.8, 4) is 28.1 Å². The minimum atomic E-state index is -1.15. The molecule has 0 fully saturated rings. The molecule has 8 heteroatoms. The average Bonchev–Trinajstić information content (AvgIpc) is 2.73. The first-order valence-corrected chi connectivity index (χ1v) is 9.86. The summed E-state index contributed by atoms with van der Waals surface area (Å²) >= 11 is 6.15. The third-order valence-corrected chi connectivity index (χ3v) is 4.98. The van der Waals surface area contributed by atoms with Crippen LogP contribution in [0, 0.1) is 11.6 Å². The lowest BCUT2D eigenvalue weighted by Crippen LogP contribution is -2.01. The number of carbonyl (C=O) groups is 1. The van der Waals surface area contributed by atoms with Gasteiger partial charge in [-0.3, -0.25) is 4.98 Å². The van der Waals surface area contributed by atoms with E-state index in [0.717, 1.165) is 17.7 Å². The Morgan fingerprint density at radius 2 is 1.84 bits per heavy atom. The maximum Gasteiger partial charge on any atom is 0.337 e. The Morgan fingerprint density at radius 3 is 2.42 bits per heavy atom. The number of carboxylic acid groups (broad SMARTS) is 1. The number of methoxy groups -OCH3 is 1. The quantitative estimate of drug-likeness (QED) is 0.453. The standard InChI is InChI=1S/C23H20ClF2NO4/c1-3-31-7-6-13-8-17(14-4-5-16(23(28)29)18(24)9-14)21(27-12-13)15-10-19(25)22(30-2)20(26)11-15/h4-5,8-12H,3,6-7H2,1-2H3,(H,28,29). The highest BCUT2D eigenvalue weighted by atomic mass is 35.5. The van der Waals surface area contributed by atoms with E-state index in [1.165, 1.54) is 19.2 Å². The molecule has 0 saturated heterocycles. The van der Waals surface area contributed by atoms with Gasteiger partial charge in [-0.1, -0.05) is 17.7 Å². The lowest BCUT2D eigenvalue weighted by molar-refractivity contribution is 0.0697. The summed E-state index contributed by atoms with van der Waals surface area (Å²) in [6.07, 6.45) is 2.20. The van der Waals surface area contributed by atoms with Crippen LogP contribution < -0.4 is 4.74 Å². The summed E-state index contributed by atoms with van der Waals surface area (Å²) in [5.41, 5.74) is 2.44. The van der Waals surface area contributed by atoms with Crippen LogP contribution >= 0.6 is 11.6 Å². The first-order chi connectivity index (χ1) is 14.8. The van der Waals surface area contributed by atoms with Crippen LogP contribution in [0.3, 0.4) is 0 Å². The van der Waals surface area contributed by atoms with Crippen molar-refractivity contribution in [2.24, 2.45) is 0 Å². The molecule has 1 aromatic heterocycles. The second-order valence-corrected chi connectivity index (χ2v) is 7.07. The second kappa shape index (κ2) is 9.85. The summed E-state index contributed by atoms with van der Waals surface area (Å²) in [6.45, 7) is 2.96. The zero-order valence-corrected chi connectivity index (χ0v) is 17.7. The Bertz CT molecular complexity index is 1100. The van der Waals surface area contributed by atoms with Crippen LogP contribution in [0.5, 0.6) is 5.75 Å². The Hall–Kier alpha value is -3.03. The van der Waals surface area contributed by atoms with Gasteiger partial charge in [0.15, 0.2) is 17.4 Å². The molecule has 0 atom stereocenters. The SMILES string of the molecule is CCOCCc1cnc(-c2cc(F)c(OC)c(F)c2)c(-c2ccc(C(=O)O)c(Cl)c2)c1. The summed E-state index contributed by atoms with van der Waals surface area (Å²) in [4.78, 5) is 15.7. The fourth-order valence-corrected chi connectivity index (χ4v) is 3.44. The van der Waals surface area contributed by atoms with Crippen molar-refractivity contribution in [1.82, 2.24) is 4.98 Å². The Labute approximate surface area is 183 Å². The van der Waals surface area contributed by atoms with Gasteiger partial charge in [-0.2, -0.15) is 0 Å². The van der Waals surface area contributed by atoms with Crippen LogP contribution in [0.25, 0.3) is 22.4 Å². The molecular weight excluding hydrogens is 428 g/mol. The van der Waals surface area contributed by atoms with Gasteiger partial charge in [-0.15, -0.1) is 0 Å². The third-order valence-electron chi connectivity index (χ3n) is 4.67. The molecule has 2 aromatic carbocycles. The molecule has 3 rings (SSSR count). The number of hydrogen-bond donors (Lipinski definition) is 1. The number of nitrogens with zero attached hydrogens (tertiary/aromatic N) is 1. The highest BCUT2D eigenvalue weighted by molar-refractivity contribution is 6.33. The maximum absolute atomic E-state index is 14.3. The highest BCUT2D eigenvalue weighted by Crippen LogP contribution is 2.36. The largest absolute Gasteiger partial charge is 0.491 e. The Kier molecular flexibility index (Phi) is 7.20. The third kappa shape index (κ3) is 5.00. The number of hydrogen-bond acceptors (Lipinski definition) is 4. The van der Waals surface area contributed by atoms with Crippen LogP contribution in [0.15, 0.2) is 42.6 Å². The van der Waals surface area contributed by atoms with E-state index >= 15 is 0 Å². The van der Waals surface area contributed by atoms with Gasteiger partial charge in [0.05, 0.1) is 30.0 Å². The molecule has 0 bridgehead atoms. The molecule has 0 radical (unpaired) electrons. The predicted octanol–water partition coefficient (Wildman–Crippen LogP) is 5.63. The Morgan fingerprint density at radius 1 is 1.13 bits per heavy atom. The molecule has 31 heavy (non-hydrogen) atoms. The molecule has 0 aliphatic carbocycles. The van der Waals surface area contributed by atoms with Gasteiger partial charge in [0.25, 0.3) is 0 Å². The van der Waals surface area contributed by atoms with E-state index in [4.69, 9.17) is 21.1 Å². The molecule has 0 aliphatic heterocycles. The summed E-state index contributed by atoms with van der Waals surface area (Å²) in [5, 5.41) is 9.27. The lowest BCUT2D eigenvalue weighted by Gasteiger charge is -2.14. The van der Waals surface area contributed by atoms with Crippen molar-refractivity contribution in [1.29, 1.82) is 0 Å². The molecular formula is C23H20ClF2NO4. The summed E-state index contributed by atoms with van der Waals surface area (Å²) in [6, 6.07) is 8.56. The van der Waals surface area contributed by atoms with Crippen LogP contribution in [-0.4, -0.2) is 36.4 Å². The van der Waals surface area contributed by atoms with Crippen molar-refractivity contribution in [2.45, 2.75) is 13.3 Å². The fraction of sp³-hybridized carbons (Fsp3) is 0.217. The molecule has 0 amide bonds. The first-order valence-electron chi connectivity index (χ1n) is 9.49. The molecule has 1 heterocycles. The predicted molar refractivity (Wildman–Crippen MR) is 114 cm³/mol. The van der Waals surface area contributed by atoms with Gasteiger partial charge in [0.1, 0.15) is 0 Å². The van der Waals surface area contributed by atoms with Gasteiger partial charge in [-0.25, -0.2) is 13.6 Å². The van der Waals surface area contributed by atoms with E-state index in [0.29, 0.717) is 36.5 Å². The van der Waals surface area contributed by atoms with Crippen LogP contribution in [0.1, 0.15) is 22.8 Å². The van der Waals surface area contributed by atoms with E-state index in [9.17, 15) is 18.7 Å². The minimum absolute atomic E-state index is 0.0442. The number of ether oxygens (including phenoxy) is 2. The zero-order chi connectivity index (χ0) is 22.5. The Balaban J connectivity index is 2.16. The highest BCUT2D eigenvalue weighted by Gasteiger charge is 2.18. The molecule has 3 aromatic rings. The van der Waals surface area contributed by atoms with Gasteiger partial charge in [0.2, 0.25) is 0 Å². The van der Waals surface area contributed by atoms with Crippen molar-refractivity contribution in [2.75, 3.05) is 20.3 Å². The number of carboxylic acids is 1. The van der Waals surface area contributed by atoms with E-state index < -0.39 is 23.4 Å². The lowest BCUT2D eigenvalue weighted by atomic mass is 9.96. The summed E-state index contributed by atoms with van der Waals surface area (Å²) in [7, 11) is 1.18. The summed E-state index contributed by atoms with van der Waals surface area (Å²) < 4.78 is 38.8. The molecule has 0 aliphatic rings. The number of aromatic carboxylic acids is 1. The van der Waals surface area contributed by atoms with E-state index in [2.05, 4.69) is 4.98 Å². The van der Waals surface area contributed by atoms with Crippen molar-refractivity contribution in [3.63, 3.8) is 0 Å². The van der Waals surface area contributed by atoms with Gasteiger partial charge >= 0.3 is 5.97 Å². The van der Waals surface area contributed by atoms with Crippen molar-refractivity contribution < 1.29 is 28.2 Å². The van der Waals surface area contributed by atoms with Gasteiger partial charge in [-0.05, 0) is 54.8 Å². The van der Waals surface area contributed by atoms with Crippen LogP contribution in [-0.2, 0) is 11.2 Å². The molecule has 1 N–H and O–H groups in total. The molecule has 0 unspecified atom stereocenters. The van der Waals surface area contributed by atoms with Crippen LogP contribution in [0.2, 0.25) is 5.02 Å². The molecule has 162 valence electrons. The minimum Gasteiger partial charge on any atom is -0.491 e. The second-order valence-electron chi connectivity index (χ2n) is 6.66. The number of rotatable bonds is 8. The first kappa shape index (κ1) is 22.7. The maximum atomic E-state index is 14.3. The smallest absolute Gasteiger partial charge is 0.337 e. The summed E-state index contributed by atoms with van der Waals surface area (Å²) in [5.74, 6) is -3.35. The zero-order valence-electron chi connectivity index (χ0n) is 16.9. The molecule has 0 spiro atoms. The number of halogens is 3. The van der Waals surface area contributed by atoms with Gasteiger partial charge in [0, 0.05) is 23.9 Å². The monoisotopic (exact) mass is 447 g/mol. The number of benzene rings is 2. The topological polar surface area (TPSA) is 68.7 Å². The van der Waals surface area contributed by atoms with Crippen molar-refractivity contribution in [3.05, 3.63) is 70.4 Å². The van der Waals surface area contributed by atoms with E-state index in [1.54, 1.807) is 12.3 Å². The van der Waals surface area contributed by atoms with E-state index in [-0.39, 0.29) is 16.1 Å². The molecule has 0 saturated carbocycles. The number of pyridine rings is 1. The average molecular weight is 448 g/mol. The van der Waals surface area contributed by atoms with Crippen LogP contribution in [0.4, 0.5) is 8.78 Å². The van der Waals surface area contributed by atoms with Crippen molar-refractivity contribution >= 4 is 17.6 Å². The van der Waals surface area contributed by atoms with E-state index in [1.807, 2.05) is 13.0 Å². The fourth-order valence-electron chi connectivity index (χ4n) is 3.18. The van der Waals surface area contributed by atoms with Gasteiger partial charge < -0.3 is 14.6 Å². The molecule has 5 nitrogen and oxygen atoms in total.